The molecule has 0 unspecified atom stereocenters. The van der Waals surface area contributed by atoms with Crippen LogP contribution < -0.4 is 5.32 Å². The van der Waals surface area contributed by atoms with Crippen LogP contribution in [0.1, 0.15) is 25.3 Å². The second-order valence-corrected chi connectivity index (χ2v) is 5.34. The zero-order valence-corrected chi connectivity index (χ0v) is 12.4. The Hall–Kier alpha value is -1.62. The molecule has 1 aromatic heterocycles. The predicted molar refractivity (Wildman–Crippen MR) is 80.5 cm³/mol. The lowest BCUT2D eigenvalue weighted by Gasteiger charge is -2.21. The normalized spacial score (nSPS) is 14.8. The first kappa shape index (κ1) is 14.8. The van der Waals surface area contributed by atoms with Crippen LogP contribution in [0.25, 0.3) is 0 Å². The number of aromatic nitrogens is 1. The van der Waals surface area contributed by atoms with E-state index in [0.717, 1.165) is 50.4 Å². The van der Waals surface area contributed by atoms with Gasteiger partial charge in [0.15, 0.2) is 0 Å². The molecule has 1 amide bonds. The van der Waals surface area contributed by atoms with Crippen LogP contribution in [0.2, 0.25) is 0 Å². The number of amides is 1. The maximum Gasteiger partial charge on any atom is 0.236 e. The fourth-order valence-electron chi connectivity index (χ4n) is 2.47. The van der Waals surface area contributed by atoms with E-state index in [-0.39, 0.29) is 5.91 Å². The Bertz CT molecular complexity index is 426. The molecule has 0 atom stereocenters. The van der Waals surface area contributed by atoms with Crippen LogP contribution >= 0.6 is 0 Å². The number of nitrogens with one attached hydrogen (secondary N) is 1. The zero-order valence-electron chi connectivity index (χ0n) is 12.4. The lowest BCUT2D eigenvalue weighted by atomic mass is 10.2. The monoisotopic (exact) mass is 276 g/mol. The van der Waals surface area contributed by atoms with E-state index < -0.39 is 0 Å². The van der Waals surface area contributed by atoms with Crippen molar-refractivity contribution in [2.24, 2.45) is 0 Å². The summed E-state index contributed by atoms with van der Waals surface area (Å²) in [7, 11) is 1.98. The number of carbonyl (C=O) groups excluding carboxylic acids is 1. The van der Waals surface area contributed by atoms with Crippen LogP contribution in [0.15, 0.2) is 18.3 Å². The van der Waals surface area contributed by atoms with E-state index >= 15 is 0 Å². The molecule has 1 N–H and O–H groups in total. The molecule has 0 saturated carbocycles. The number of likely N-dealkylation sites (tertiary alicyclic amines) is 1. The maximum absolute atomic E-state index is 12.0. The minimum absolute atomic E-state index is 0.238. The highest BCUT2D eigenvalue weighted by molar-refractivity contribution is 5.78. The van der Waals surface area contributed by atoms with Gasteiger partial charge in [-0.3, -0.25) is 9.69 Å². The summed E-state index contributed by atoms with van der Waals surface area (Å²) >= 11 is 0. The Labute approximate surface area is 121 Å². The second-order valence-electron chi connectivity index (χ2n) is 5.34. The molecule has 2 rings (SSSR count). The summed E-state index contributed by atoms with van der Waals surface area (Å²) in [5, 5.41) is 3.17. The van der Waals surface area contributed by atoms with Crippen molar-refractivity contribution in [3.8, 4) is 0 Å². The van der Waals surface area contributed by atoms with Crippen molar-refractivity contribution in [2.75, 3.05) is 38.5 Å². The van der Waals surface area contributed by atoms with Crippen LogP contribution in [-0.2, 0) is 11.3 Å². The van der Waals surface area contributed by atoms with Crippen molar-refractivity contribution in [3.63, 3.8) is 0 Å². The third kappa shape index (κ3) is 4.20. The van der Waals surface area contributed by atoms with Crippen molar-refractivity contribution in [1.29, 1.82) is 0 Å². The number of likely N-dealkylation sites (N-methyl/N-ethyl adjacent to an activating group) is 1. The summed E-state index contributed by atoms with van der Waals surface area (Å²) in [6, 6.07) is 4.04. The van der Waals surface area contributed by atoms with E-state index in [4.69, 9.17) is 0 Å². The van der Waals surface area contributed by atoms with Gasteiger partial charge in [-0.1, -0.05) is 6.07 Å². The molecule has 1 fully saturated rings. The number of hydrogen-bond donors (Lipinski definition) is 1. The Morgan fingerprint density at radius 2 is 2.15 bits per heavy atom. The number of anilines is 1. The number of hydrogen-bond acceptors (Lipinski definition) is 4. The predicted octanol–water partition coefficient (Wildman–Crippen LogP) is 1.57. The molecule has 0 radical (unpaired) electrons. The molecule has 110 valence electrons. The first-order valence-corrected chi connectivity index (χ1v) is 7.34. The van der Waals surface area contributed by atoms with Gasteiger partial charge in [0, 0.05) is 32.4 Å². The van der Waals surface area contributed by atoms with Crippen molar-refractivity contribution >= 4 is 11.7 Å². The quantitative estimate of drug-likeness (QED) is 0.857. The summed E-state index contributed by atoms with van der Waals surface area (Å²) in [5.74, 6) is 1.13. The molecule has 5 heteroatoms. The Kier molecular flexibility index (Phi) is 5.35. The van der Waals surface area contributed by atoms with Gasteiger partial charge >= 0.3 is 0 Å². The molecule has 20 heavy (non-hydrogen) atoms. The number of pyridine rings is 1. The second kappa shape index (κ2) is 7.24. The topological polar surface area (TPSA) is 48.5 Å². The van der Waals surface area contributed by atoms with Gasteiger partial charge in [-0.25, -0.2) is 4.98 Å². The minimum atomic E-state index is 0.238. The van der Waals surface area contributed by atoms with E-state index in [1.165, 1.54) is 0 Å². The summed E-state index contributed by atoms with van der Waals surface area (Å²) in [6.07, 6.45) is 4.16. The molecule has 1 aromatic rings. The summed E-state index contributed by atoms with van der Waals surface area (Å²) in [6.45, 7) is 6.00. The molecule has 0 aromatic carbocycles. The van der Waals surface area contributed by atoms with E-state index in [1.54, 1.807) is 0 Å². The van der Waals surface area contributed by atoms with E-state index in [9.17, 15) is 4.79 Å². The molecule has 1 aliphatic rings. The lowest BCUT2D eigenvalue weighted by molar-refractivity contribution is -0.131. The number of carbonyl (C=O) groups is 1. The zero-order chi connectivity index (χ0) is 14.4. The van der Waals surface area contributed by atoms with Gasteiger partial charge < -0.3 is 10.2 Å². The molecule has 1 saturated heterocycles. The summed E-state index contributed by atoms with van der Waals surface area (Å²) in [4.78, 5) is 20.4. The Morgan fingerprint density at radius 1 is 1.40 bits per heavy atom. The number of rotatable bonds is 6. The average molecular weight is 276 g/mol. The molecular formula is C15H24N4O. The van der Waals surface area contributed by atoms with Gasteiger partial charge in [0.25, 0.3) is 0 Å². The van der Waals surface area contributed by atoms with Crippen LogP contribution in [0.5, 0.6) is 0 Å². The van der Waals surface area contributed by atoms with E-state index in [0.29, 0.717) is 6.54 Å². The van der Waals surface area contributed by atoms with Crippen molar-refractivity contribution in [1.82, 2.24) is 14.8 Å². The van der Waals surface area contributed by atoms with E-state index in [1.807, 2.05) is 36.0 Å². The number of nitrogens with zero attached hydrogens (tertiary/aromatic N) is 3. The highest BCUT2D eigenvalue weighted by Gasteiger charge is 2.18. The van der Waals surface area contributed by atoms with Gasteiger partial charge in [-0.05, 0) is 38.4 Å². The summed E-state index contributed by atoms with van der Waals surface area (Å²) in [5.41, 5.74) is 1.13. The average Bonchev–Trinajstić information content (AvgIpc) is 2.95. The smallest absolute Gasteiger partial charge is 0.236 e. The van der Waals surface area contributed by atoms with Crippen molar-refractivity contribution in [3.05, 3.63) is 23.9 Å². The van der Waals surface area contributed by atoms with Gasteiger partial charge in [0.1, 0.15) is 5.82 Å². The summed E-state index contributed by atoms with van der Waals surface area (Å²) < 4.78 is 0. The lowest BCUT2D eigenvalue weighted by Crippen LogP contribution is -2.36. The van der Waals surface area contributed by atoms with Crippen LogP contribution in [0, 0.1) is 0 Å². The highest BCUT2D eigenvalue weighted by atomic mass is 16.2. The molecule has 2 heterocycles. The largest absolute Gasteiger partial charge is 0.370 e. The molecule has 0 spiro atoms. The van der Waals surface area contributed by atoms with Crippen molar-refractivity contribution < 1.29 is 4.79 Å². The maximum atomic E-state index is 12.0. The van der Waals surface area contributed by atoms with Gasteiger partial charge in [0.05, 0.1) is 6.54 Å². The highest BCUT2D eigenvalue weighted by Crippen LogP contribution is 2.10. The van der Waals surface area contributed by atoms with E-state index in [2.05, 4.69) is 16.4 Å². The molecule has 1 aliphatic heterocycles. The third-order valence-electron chi connectivity index (χ3n) is 3.50. The minimum Gasteiger partial charge on any atom is -0.370 e. The molecule has 0 bridgehead atoms. The molecule has 5 nitrogen and oxygen atoms in total. The molecular weight excluding hydrogens is 252 g/mol. The Balaban J connectivity index is 1.81. The standard InChI is InChI=1S/C15H24N4O/c1-3-16-14-7-6-13(10-17-14)11-18(2)12-15(20)19-8-4-5-9-19/h6-7,10H,3-5,8-9,11-12H2,1-2H3,(H,16,17). The first-order valence-electron chi connectivity index (χ1n) is 7.34. The Morgan fingerprint density at radius 3 is 2.75 bits per heavy atom. The first-order chi connectivity index (χ1) is 9.69. The van der Waals surface area contributed by atoms with Gasteiger partial charge in [0.2, 0.25) is 5.91 Å². The third-order valence-corrected chi connectivity index (χ3v) is 3.50. The van der Waals surface area contributed by atoms with Crippen LogP contribution in [0.4, 0.5) is 5.82 Å². The SMILES string of the molecule is CCNc1ccc(CN(C)CC(=O)N2CCCC2)cn1. The fraction of sp³-hybridized carbons (Fsp3) is 0.600. The molecule has 0 aliphatic carbocycles. The van der Waals surface area contributed by atoms with Crippen LogP contribution in [-0.4, -0.2) is 53.9 Å². The van der Waals surface area contributed by atoms with Crippen LogP contribution in [0.3, 0.4) is 0 Å². The fourth-order valence-corrected chi connectivity index (χ4v) is 2.47. The van der Waals surface area contributed by atoms with Gasteiger partial charge in [-0.15, -0.1) is 0 Å². The van der Waals surface area contributed by atoms with Gasteiger partial charge in [-0.2, -0.15) is 0 Å². The van der Waals surface area contributed by atoms with Crippen molar-refractivity contribution in [2.45, 2.75) is 26.3 Å².